The molecular formula is C17H15NO3S. The van der Waals surface area contributed by atoms with Crippen LogP contribution in [0.15, 0.2) is 47.4 Å². The van der Waals surface area contributed by atoms with Crippen LogP contribution in [0, 0.1) is 25.7 Å². The Balaban J connectivity index is 2.41. The highest BCUT2D eigenvalue weighted by Crippen LogP contribution is 2.21. The minimum atomic E-state index is -3.70. The lowest BCUT2D eigenvalue weighted by molar-refractivity contribution is -0.103. The quantitative estimate of drug-likeness (QED) is 0.700. The van der Waals surface area contributed by atoms with Gasteiger partial charge in [0, 0.05) is 5.56 Å². The number of hydrogen-bond acceptors (Lipinski definition) is 3. The van der Waals surface area contributed by atoms with Gasteiger partial charge in [-0.15, -0.1) is 0 Å². The molecule has 0 radical (unpaired) electrons. The Morgan fingerprint density at radius 3 is 2.27 bits per heavy atom. The minimum Gasteiger partial charge on any atom is -0.289 e. The Kier molecular flexibility index (Phi) is 4.64. The zero-order chi connectivity index (χ0) is 16.2. The van der Waals surface area contributed by atoms with Crippen molar-refractivity contribution in [3.8, 4) is 11.8 Å². The fourth-order valence-corrected chi connectivity index (χ4v) is 2.96. The molecule has 0 aliphatic heterocycles. The number of carbonyl (C=O) groups is 1. The average molecular weight is 313 g/mol. The number of rotatable bonds is 3. The van der Waals surface area contributed by atoms with Gasteiger partial charge in [-0.3, -0.25) is 9.52 Å². The summed E-state index contributed by atoms with van der Waals surface area (Å²) in [6.07, 6.45) is 0.473. The summed E-state index contributed by atoms with van der Waals surface area (Å²) in [5, 5.41) is 0. The lowest BCUT2D eigenvalue weighted by Crippen LogP contribution is -2.13. The highest BCUT2D eigenvalue weighted by atomic mass is 32.2. The van der Waals surface area contributed by atoms with Crippen molar-refractivity contribution in [2.75, 3.05) is 4.72 Å². The van der Waals surface area contributed by atoms with Gasteiger partial charge < -0.3 is 0 Å². The number of aryl methyl sites for hydroxylation is 2. The van der Waals surface area contributed by atoms with E-state index >= 15 is 0 Å². The maximum Gasteiger partial charge on any atom is 0.261 e. The predicted molar refractivity (Wildman–Crippen MR) is 86.1 cm³/mol. The molecular weight excluding hydrogens is 298 g/mol. The molecule has 0 saturated heterocycles. The molecule has 0 atom stereocenters. The van der Waals surface area contributed by atoms with Crippen molar-refractivity contribution < 1.29 is 13.2 Å². The molecule has 0 saturated carbocycles. The number of nitrogens with one attached hydrogen (secondary N) is 1. The van der Waals surface area contributed by atoms with E-state index in [1.807, 2.05) is 13.8 Å². The Labute approximate surface area is 130 Å². The topological polar surface area (TPSA) is 63.2 Å². The van der Waals surface area contributed by atoms with Gasteiger partial charge in [-0.25, -0.2) is 8.42 Å². The SMILES string of the molecule is Cc1ccc(S(=O)(=O)Nc2ccc(C)cc2C#CC=O)cc1. The van der Waals surface area contributed by atoms with Crippen LogP contribution < -0.4 is 4.72 Å². The zero-order valence-corrected chi connectivity index (χ0v) is 13.1. The molecule has 5 heteroatoms. The second-order valence-corrected chi connectivity index (χ2v) is 6.54. The first-order chi connectivity index (χ1) is 10.4. The van der Waals surface area contributed by atoms with Gasteiger partial charge in [0.2, 0.25) is 0 Å². The molecule has 112 valence electrons. The Morgan fingerprint density at radius 1 is 1.00 bits per heavy atom. The molecule has 0 amide bonds. The van der Waals surface area contributed by atoms with Gasteiger partial charge in [-0.1, -0.05) is 29.7 Å². The summed E-state index contributed by atoms with van der Waals surface area (Å²) in [6.45, 7) is 3.75. The van der Waals surface area contributed by atoms with Gasteiger partial charge in [0.15, 0.2) is 6.29 Å². The van der Waals surface area contributed by atoms with Gasteiger partial charge in [0.25, 0.3) is 10.0 Å². The highest BCUT2D eigenvalue weighted by molar-refractivity contribution is 7.92. The van der Waals surface area contributed by atoms with Crippen LogP contribution in [-0.4, -0.2) is 14.7 Å². The van der Waals surface area contributed by atoms with E-state index in [9.17, 15) is 13.2 Å². The molecule has 0 heterocycles. The van der Waals surface area contributed by atoms with Gasteiger partial charge in [-0.2, -0.15) is 0 Å². The van der Waals surface area contributed by atoms with Crippen molar-refractivity contribution in [1.29, 1.82) is 0 Å². The van der Waals surface area contributed by atoms with Crippen molar-refractivity contribution >= 4 is 22.0 Å². The number of aldehydes is 1. The molecule has 0 fully saturated rings. The zero-order valence-electron chi connectivity index (χ0n) is 12.3. The summed E-state index contributed by atoms with van der Waals surface area (Å²) in [4.78, 5) is 10.6. The predicted octanol–water partition coefficient (Wildman–Crippen LogP) is 2.65. The first kappa shape index (κ1) is 15.8. The third-order valence-corrected chi connectivity index (χ3v) is 4.40. The third-order valence-electron chi connectivity index (χ3n) is 3.02. The number of benzene rings is 2. The summed E-state index contributed by atoms with van der Waals surface area (Å²) in [7, 11) is -3.70. The summed E-state index contributed by atoms with van der Waals surface area (Å²) in [6, 6.07) is 11.7. The molecule has 0 unspecified atom stereocenters. The standard InChI is InChI=1S/C17H15NO3S/c1-13-5-8-16(9-6-13)22(20,21)18-17-10-7-14(2)12-15(17)4-3-11-19/h5-12,18H,1-2H3. The number of carbonyl (C=O) groups excluding carboxylic acids is 1. The maximum atomic E-state index is 12.4. The van der Waals surface area contributed by atoms with Crippen LogP contribution in [0.3, 0.4) is 0 Å². The van der Waals surface area contributed by atoms with E-state index in [4.69, 9.17) is 0 Å². The highest BCUT2D eigenvalue weighted by Gasteiger charge is 2.15. The van der Waals surface area contributed by atoms with Gasteiger partial charge >= 0.3 is 0 Å². The smallest absolute Gasteiger partial charge is 0.261 e. The molecule has 0 aliphatic carbocycles. The second kappa shape index (κ2) is 6.46. The molecule has 2 aromatic rings. The Morgan fingerprint density at radius 2 is 1.64 bits per heavy atom. The largest absolute Gasteiger partial charge is 0.289 e. The molecule has 4 nitrogen and oxygen atoms in total. The van der Waals surface area contributed by atoms with Crippen LogP contribution in [-0.2, 0) is 14.8 Å². The summed E-state index contributed by atoms with van der Waals surface area (Å²) in [5.41, 5.74) is 2.71. The minimum absolute atomic E-state index is 0.174. The lowest BCUT2D eigenvalue weighted by Gasteiger charge is -2.10. The van der Waals surface area contributed by atoms with Crippen molar-refractivity contribution in [1.82, 2.24) is 0 Å². The number of sulfonamides is 1. The molecule has 1 N–H and O–H groups in total. The van der Waals surface area contributed by atoms with Crippen LogP contribution in [0.1, 0.15) is 16.7 Å². The molecule has 0 spiro atoms. The van der Waals surface area contributed by atoms with E-state index in [0.29, 0.717) is 17.5 Å². The van der Waals surface area contributed by atoms with E-state index in [-0.39, 0.29) is 4.90 Å². The average Bonchev–Trinajstić information content (AvgIpc) is 2.48. The third kappa shape index (κ3) is 3.74. The maximum absolute atomic E-state index is 12.4. The first-order valence-electron chi connectivity index (χ1n) is 6.58. The van der Waals surface area contributed by atoms with Crippen molar-refractivity contribution in [3.63, 3.8) is 0 Å². The molecule has 0 aliphatic rings. The first-order valence-corrected chi connectivity index (χ1v) is 8.06. The van der Waals surface area contributed by atoms with Gasteiger partial charge in [0.05, 0.1) is 10.6 Å². The second-order valence-electron chi connectivity index (χ2n) is 4.85. The molecule has 22 heavy (non-hydrogen) atoms. The van der Waals surface area contributed by atoms with Gasteiger partial charge in [0.1, 0.15) is 0 Å². The molecule has 0 bridgehead atoms. The van der Waals surface area contributed by atoms with E-state index in [2.05, 4.69) is 16.6 Å². The Hall–Kier alpha value is -2.58. The molecule has 2 aromatic carbocycles. The fourth-order valence-electron chi connectivity index (χ4n) is 1.88. The fraction of sp³-hybridized carbons (Fsp3) is 0.118. The van der Waals surface area contributed by atoms with Crippen LogP contribution in [0.25, 0.3) is 0 Å². The van der Waals surface area contributed by atoms with Crippen LogP contribution >= 0.6 is 0 Å². The number of hydrogen-bond donors (Lipinski definition) is 1. The molecule has 0 aromatic heterocycles. The summed E-state index contributed by atoms with van der Waals surface area (Å²) < 4.78 is 27.3. The van der Waals surface area contributed by atoms with Gasteiger partial charge in [-0.05, 0) is 49.6 Å². The monoisotopic (exact) mass is 313 g/mol. The normalized spacial score (nSPS) is 10.5. The van der Waals surface area contributed by atoms with E-state index in [1.165, 1.54) is 0 Å². The Bertz CT molecular complexity index is 857. The van der Waals surface area contributed by atoms with Crippen molar-refractivity contribution in [2.24, 2.45) is 0 Å². The van der Waals surface area contributed by atoms with Crippen molar-refractivity contribution in [3.05, 3.63) is 59.2 Å². The van der Waals surface area contributed by atoms with E-state index in [1.54, 1.807) is 42.5 Å². The van der Waals surface area contributed by atoms with Crippen LogP contribution in [0.4, 0.5) is 5.69 Å². The van der Waals surface area contributed by atoms with Crippen LogP contribution in [0.5, 0.6) is 0 Å². The lowest BCUT2D eigenvalue weighted by atomic mass is 10.1. The van der Waals surface area contributed by atoms with Crippen molar-refractivity contribution in [2.45, 2.75) is 18.7 Å². The van der Waals surface area contributed by atoms with Crippen LogP contribution in [0.2, 0.25) is 0 Å². The number of anilines is 1. The van der Waals surface area contributed by atoms with E-state index < -0.39 is 10.0 Å². The summed E-state index contributed by atoms with van der Waals surface area (Å²) in [5.74, 6) is 4.94. The summed E-state index contributed by atoms with van der Waals surface area (Å²) >= 11 is 0. The molecule has 2 rings (SSSR count). The van der Waals surface area contributed by atoms with E-state index in [0.717, 1.165) is 11.1 Å².